The average Bonchev–Trinajstić information content (AvgIpc) is 3.03. The molecule has 3 N–H and O–H groups in total. The maximum atomic E-state index is 13.9. The van der Waals surface area contributed by atoms with Crippen molar-refractivity contribution in [3.63, 3.8) is 0 Å². The van der Waals surface area contributed by atoms with Gasteiger partial charge in [-0.05, 0) is 111 Å². The number of halogens is 7. The van der Waals surface area contributed by atoms with Crippen LogP contribution in [0.3, 0.4) is 0 Å². The van der Waals surface area contributed by atoms with Gasteiger partial charge in [-0.3, -0.25) is 0 Å². The minimum atomic E-state index is -0.511. The zero-order chi connectivity index (χ0) is 32.3. The second-order valence-electron chi connectivity index (χ2n) is 9.47. The summed E-state index contributed by atoms with van der Waals surface area (Å²) in [6.45, 7) is 0. The molecule has 0 saturated heterocycles. The molecule has 0 saturated carbocycles. The molecule has 0 unspecified atom stereocenters. The van der Waals surface area contributed by atoms with Crippen molar-refractivity contribution in [1.29, 1.82) is 0 Å². The van der Waals surface area contributed by atoms with Gasteiger partial charge in [-0.2, -0.15) is 0 Å². The highest BCUT2D eigenvalue weighted by Gasteiger charge is 2.09. The van der Waals surface area contributed by atoms with E-state index >= 15 is 0 Å². The fourth-order valence-corrected chi connectivity index (χ4v) is 4.29. The van der Waals surface area contributed by atoms with E-state index in [1.807, 2.05) is 0 Å². The van der Waals surface area contributed by atoms with E-state index in [0.29, 0.717) is 26.7 Å². The molecule has 0 radical (unpaired) electrons. The summed E-state index contributed by atoms with van der Waals surface area (Å²) in [5, 5.41) is 2.72. The van der Waals surface area contributed by atoms with Crippen LogP contribution >= 0.6 is 15.9 Å². The molecular formula is C36H25BrF6N2. The van der Waals surface area contributed by atoms with Crippen LogP contribution in [0.5, 0.6) is 0 Å². The fourth-order valence-electron chi connectivity index (χ4n) is 4.01. The molecule has 228 valence electrons. The topological polar surface area (TPSA) is 38.0 Å². The molecule has 0 aromatic heterocycles. The monoisotopic (exact) mass is 678 g/mol. The SMILES string of the molecule is Fc1cccc(-c2ccc(F)c(Nc3ccccc3F)c2)c1.Fc1ccccc1Br.Nc1cc(-c2cccc(F)c2)ccc1F. The van der Waals surface area contributed by atoms with E-state index in [2.05, 4.69) is 21.2 Å². The predicted molar refractivity (Wildman–Crippen MR) is 172 cm³/mol. The zero-order valence-electron chi connectivity index (χ0n) is 23.4. The van der Waals surface area contributed by atoms with Crippen LogP contribution in [-0.4, -0.2) is 0 Å². The van der Waals surface area contributed by atoms with Crippen molar-refractivity contribution in [3.05, 3.63) is 173 Å². The van der Waals surface area contributed by atoms with Crippen LogP contribution in [0.15, 0.2) is 138 Å². The lowest BCUT2D eigenvalue weighted by atomic mass is 10.0. The highest BCUT2D eigenvalue weighted by atomic mass is 79.9. The first kappa shape index (κ1) is 32.9. The lowest BCUT2D eigenvalue weighted by molar-refractivity contribution is 0.621. The molecule has 0 atom stereocenters. The van der Waals surface area contributed by atoms with E-state index in [1.54, 1.807) is 66.7 Å². The molecule has 0 aliphatic rings. The molecule has 6 aromatic carbocycles. The third-order valence-corrected chi connectivity index (χ3v) is 6.89. The summed E-state index contributed by atoms with van der Waals surface area (Å²) >= 11 is 3.02. The molecule has 0 amide bonds. The molecule has 0 aliphatic heterocycles. The van der Waals surface area contributed by atoms with Crippen LogP contribution in [-0.2, 0) is 0 Å². The van der Waals surface area contributed by atoms with Crippen LogP contribution < -0.4 is 11.1 Å². The Morgan fingerprint density at radius 3 is 1.42 bits per heavy atom. The minimum Gasteiger partial charge on any atom is -0.396 e. The Labute approximate surface area is 264 Å². The van der Waals surface area contributed by atoms with Crippen molar-refractivity contribution >= 4 is 33.0 Å². The van der Waals surface area contributed by atoms with Crippen molar-refractivity contribution in [1.82, 2.24) is 0 Å². The summed E-state index contributed by atoms with van der Waals surface area (Å²) in [6, 6.07) is 33.3. The third-order valence-electron chi connectivity index (χ3n) is 6.25. The second kappa shape index (κ2) is 15.6. The first-order chi connectivity index (χ1) is 21.6. The maximum absolute atomic E-state index is 13.9. The van der Waals surface area contributed by atoms with E-state index in [9.17, 15) is 26.3 Å². The van der Waals surface area contributed by atoms with Gasteiger partial charge in [0.05, 0.1) is 21.5 Å². The number of rotatable bonds is 4. The van der Waals surface area contributed by atoms with Crippen molar-refractivity contribution in [2.24, 2.45) is 0 Å². The Hall–Kier alpha value is -5.02. The van der Waals surface area contributed by atoms with E-state index in [-0.39, 0.29) is 34.5 Å². The first-order valence-electron chi connectivity index (χ1n) is 13.4. The molecule has 45 heavy (non-hydrogen) atoms. The van der Waals surface area contributed by atoms with Crippen LogP contribution in [0.4, 0.5) is 43.4 Å². The maximum Gasteiger partial charge on any atom is 0.146 e. The molecule has 2 nitrogen and oxygen atoms in total. The third kappa shape index (κ3) is 9.48. The molecule has 0 heterocycles. The van der Waals surface area contributed by atoms with Crippen molar-refractivity contribution in [2.75, 3.05) is 11.1 Å². The van der Waals surface area contributed by atoms with E-state index in [4.69, 9.17) is 5.73 Å². The van der Waals surface area contributed by atoms with E-state index in [1.165, 1.54) is 66.7 Å². The van der Waals surface area contributed by atoms with Crippen molar-refractivity contribution in [3.8, 4) is 22.3 Å². The van der Waals surface area contributed by atoms with Gasteiger partial charge in [0.15, 0.2) is 0 Å². The number of hydrogen-bond donors (Lipinski definition) is 2. The fraction of sp³-hybridized carbons (Fsp3) is 0. The van der Waals surface area contributed by atoms with Gasteiger partial charge in [0, 0.05) is 0 Å². The van der Waals surface area contributed by atoms with Gasteiger partial charge in [0.25, 0.3) is 0 Å². The summed E-state index contributed by atoms with van der Waals surface area (Å²) in [5.74, 6) is -2.36. The van der Waals surface area contributed by atoms with Crippen LogP contribution in [0.25, 0.3) is 22.3 Å². The number of anilines is 3. The van der Waals surface area contributed by atoms with E-state index in [0.717, 1.165) is 0 Å². The number of nitrogen functional groups attached to an aromatic ring is 1. The van der Waals surface area contributed by atoms with Crippen LogP contribution in [0, 0.1) is 34.9 Å². The average molecular weight is 680 g/mol. The van der Waals surface area contributed by atoms with E-state index < -0.39 is 17.5 Å². The van der Waals surface area contributed by atoms with Gasteiger partial charge >= 0.3 is 0 Å². The summed E-state index contributed by atoms with van der Waals surface area (Å²) in [6.07, 6.45) is 0. The number of benzene rings is 6. The number of nitrogens with one attached hydrogen (secondary N) is 1. The molecule has 0 spiro atoms. The molecule has 0 fully saturated rings. The van der Waals surface area contributed by atoms with Gasteiger partial charge in [0.2, 0.25) is 0 Å². The number of hydrogen-bond acceptors (Lipinski definition) is 2. The Bertz CT molecular complexity index is 1880. The minimum absolute atomic E-state index is 0.0664. The molecular weight excluding hydrogens is 654 g/mol. The summed E-state index contributed by atoms with van der Waals surface area (Å²) in [4.78, 5) is 0. The zero-order valence-corrected chi connectivity index (χ0v) is 25.0. The second-order valence-corrected chi connectivity index (χ2v) is 10.3. The lowest BCUT2D eigenvalue weighted by Gasteiger charge is -2.11. The van der Waals surface area contributed by atoms with Crippen LogP contribution in [0.2, 0.25) is 0 Å². The predicted octanol–water partition coefficient (Wildman–Crippen LogP) is 11.3. The van der Waals surface area contributed by atoms with Crippen molar-refractivity contribution < 1.29 is 26.3 Å². The Balaban J connectivity index is 0.000000172. The first-order valence-corrected chi connectivity index (χ1v) is 14.2. The van der Waals surface area contributed by atoms with Gasteiger partial charge in [-0.1, -0.05) is 60.7 Å². The Kier molecular flexibility index (Phi) is 11.4. The Morgan fingerprint density at radius 2 is 0.911 bits per heavy atom. The summed E-state index contributed by atoms with van der Waals surface area (Å²) in [7, 11) is 0. The highest BCUT2D eigenvalue weighted by molar-refractivity contribution is 9.10. The van der Waals surface area contributed by atoms with Gasteiger partial charge in [0.1, 0.15) is 34.9 Å². The number of para-hydroxylation sites is 1. The van der Waals surface area contributed by atoms with Gasteiger partial charge in [-0.15, -0.1) is 0 Å². The summed E-state index contributed by atoms with van der Waals surface area (Å²) in [5.41, 5.74) is 8.45. The van der Waals surface area contributed by atoms with Crippen LogP contribution in [0.1, 0.15) is 0 Å². The molecule has 0 bridgehead atoms. The molecule has 6 rings (SSSR count). The number of nitrogens with two attached hydrogens (primary N) is 1. The normalized spacial score (nSPS) is 10.2. The highest BCUT2D eigenvalue weighted by Crippen LogP contribution is 2.28. The Morgan fingerprint density at radius 1 is 0.422 bits per heavy atom. The lowest BCUT2D eigenvalue weighted by Crippen LogP contribution is -1.96. The molecule has 0 aliphatic carbocycles. The summed E-state index contributed by atoms with van der Waals surface area (Å²) < 4.78 is 79.5. The molecule has 6 aromatic rings. The molecule has 9 heteroatoms. The van der Waals surface area contributed by atoms with Gasteiger partial charge < -0.3 is 11.1 Å². The largest absolute Gasteiger partial charge is 0.396 e. The smallest absolute Gasteiger partial charge is 0.146 e. The quantitative estimate of drug-likeness (QED) is 0.144. The van der Waals surface area contributed by atoms with Gasteiger partial charge in [-0.25, -0.2) is 26.3 Å². The standard InChI is InChI=1S/C18H12F3N.C12H9F2N.C6H4BrF/c19-14-5-3-4-12(10-14)13-8-9-16(21)18(11-13)22-17-7-2-1-6-15(17)20;13-10-3-1-2-8(6-10)9-4-5-11(14)12(15)7-9;7-5-3-1-2-4-6(5)8/h1-11,22H;1-7H,15H2;1-4H. The van der Waals surface area contributed by atoms with Crippen molar-refractivity contribution in [2.45, 2.75) is 0 Å².